The molecule has 0 fully saturated rings. The van der Waals surface area contributed by atoms with Gasteiger partial charge in [-0.1, -0.05) is 37.3 Å². The number of hydrogen-bond donors (Lipinski definition) is 1. The second-order valence-corrected chi connectivity index (χ2v) is 6.20. The lowest BCUT2D eigenvalue weighted by molar-refractivity contribution is -0.667. The molecule has 0 aliphatic rings. The van der Waals surface area contributed by atoms with Crippen LogP contribution in [0.4, 0.5) is 11.5 Å². The lowest BCUT2D eigenvalue weighted by atomic mass is 10.1. The third-order valence-electron chi connectivity index (χ3n) is 4.70. The number of halogens is 1. The summed E-state index contributed by atoms with van der Waals surface area (Å²) in [6.07, 6.45) is 3.08. The van der Waals surface area contributed by atoms with E-state index >= 15 is 0 Å². The molecule has 0 spiro atoms. The highest BCUT2D eigenvalue weighted by Crippen LogP contribution is 2.27. The molecule has 3 nitrogen and oxygen atoms in total. The fourth-order valence-corrected chi connectivity index (χ4v) is 3.34. The lowest BCUT2D eigenvalue weighted by Gasteiger charge is -2.13. The Morgan fingerprint density at radius 1 is 0.962 bits per heavy atom. The molecule has 0 atom stereocenters. The van der Waals surface area contributed by atoms with Crippen molar-refractivity contribution >= 4 is 33.3 Å². The maximum Gasteiger partial charge on any atom is 0.214 e. The zero-order valence-corrected chi connectivity index (χ0v) is 15.8. The van der Waals surface area contributed by atoms with E-state index in [1.165, 1.54) is 21.9 Å². The van der Waals surface area contributed by atoms with E-state index in [4.69, 9.17) is 4.98 Å². The second-order valence-electron chi connectivity index (χ2n) is 6.20. The first-order valence-corrected chi connectivity index (χ1v) is 8.87. The Hall–Kier alpha value is -2.65. The molecule has 0 bridgehead atoms. The number of pyridine rings is 2. The van der Waals surface area contributed by atoms with Crippen molar-refractivity contribution in [3.8, 4) is 0 Å². The van der Waals surface area contributed by atoms with Crippen molar-refractivity contribution in [2.45, 2.75) is 26.8 Å². The molecule has 0 saturated heterocycles. The van der Waals surface area contributed by atoms with Crippen LogP contribution in [0.5, 0.6) is 0 Å². The van der Waals surface area contributed by atoms with Gasteiger partial charge in [-0.05, 0) is 37.1 Å². The lowest BCUT2D eigenvalue weighted by Crippen LogP contribution is -3.00. The average molecular weight is 364 g/mol. The van der Waals surface area contributed by atoms with E-state index in [9.17, 15) is 0 Å². The van der Waals surface area contributed by atoms with Crippen LogP contribution in [0.25, 0.3) is 21.8 Å². The Kier molecular flexibility index (Phi) is 5.38. The topological polar surface area (TPSA) is 28.8 Å². The van der Waals surface area contributed by atoms with Crippen LogP contribution >= 0.6 is 0 Å². The summed E-state index contributed by atoms with van der Waals surface area (Å²) in [7, 11) is 0. The molecular formula is C22H22ClN3. The molecule has 4 rings (SSSR count). The molecule has 0 aliphatic heterocycles. The Balaban J connectivity index is 0.00000196. The zero-order valence-electron chi connectivity index (χ0n) is 15.0. The van der Waals surface area contributed by atoms with Crippen LogP contribution in [0, 0.1) is 0 Å². The minimum absolute atomic E-state index is 0. The van der Waals surface area contributed by atoms with Crippen molar-refractivity contribution in [2.75, 3.05) is 5.32 Å². The number of benzene rings is 2. The number of hydrogen-bond acceptors (Lipinski definition) is 2. The number of nitrogens with zero attached hydrogens (tertiary/aromatic N) is 2. The normalized spacial score (nSPS) is 10.7. The summed E-state index contributed by atoms with van der Waals surface area (Å²) in [5.74, 6) is 0.945. The number of nitrogens with one attached hydrogen (secondary N) is 1. The Morgan fingerprint density at radius 3 is 2.54 bits per heavy atom. The van der Waals surface area contributed by atoms with E-state index in [1.807, 2.05) is 6.07 Å². The molecule has 2 aromatic heterocycles. The van der Waals surface area contributed by atoms with Crippen LogP contribution in [0.1, 0.15) is 19.4 Å². The Labute approximate surface area is 160 Å². The smallest absolute Gasteiger partial charge is 0.214 e. The molecule has 0 amide bonds. The quantitative estimate of drug-likeness (QED) is 0.562. The summed E-state index contributed by atoms with van der Waals surface area (Å²) < 4.78 is 2.26. The van der Waals surface area contributed by atoms with Gasteiger partial charge in [-0.25, -0.2) is 4.98 Å². The molecule has 4 heteroatoms. The van der Waals surface area contributed by atoms with Gasteiger partial charge >= 0.3 is 0 Å². The van der Waals surface area contributed by atoms with Gasteiger partial charge in [-0.15, -0.1) is 0 Å². The standard InChI is InChI=1S/C22H21N3.ClH/c1-3-16-15-17-9-5-7-11-19(17)23-22(16)24-20-13-14-25(4-2)21-12-8-6-10-18(20)21;/h5-15H,3-4H2,1-2H3;1H. The maximum absolute atomic E-state index is 4.87. The van der Waals surface area contributed by atoms with Gasteiger partial charge in [0.1, 0.15) is 12.4 Å². The summed E-state index contributed by atoms with van der Waals surface area (Å²) >= 11 is 0. The second kappa shape index (κ2) is 7.71. The van der Waals surface area contributed by atoms with E-state index in [-0.39, 0.29) is 12.4 Å². The van der Waals surface area contributed by atoms with Gasteiger partial charge in [0.15, 0.2) is 6.20 Å². The van der Waals surface area contributed by atoms with Crippen LogP contribution < -0.4 is 22.3 Å². The first kappa shape index (κ1) is 18.2. The van der Waals surface area contributed by atoms with Gasteiger partial charge in [-0.2, -0.15) is 4.57 Å². The van der Waals surface area contributed by atoms with Crippen LogP contribution in [-0.2, 0) is 13.0 Å². The number of aromatic nitrogens is 2. The first-order chi connectivity index (χ1) is 12.3. The molecule has 0 unspecified atom stereocenters. The van der Waals surface area contributed by atoms with Crippen molar-refractivity contribution in [2.24, 2.45) is 0 Å². The number of fused-ring (bicyclic) bond motifs is 2. The molecule has 2 heterocycles. The Morgan fingerprint density at radius 2 is 1.73 bits per heavy atom. The zero-order chi connectivity index (χ0) is 17.2. The third kappa shape index (κ3) is 3.23. The average Bonchev–Trinajstić information content (AvgIpc) is 2.67. The highest BCUT2D eigenvalue weighted by Gasteiger charge is 2.13. The van der Waals surface area contributed by atoms with Gasteiger partial charge in [0.25, 0.3) is 0 Å². The van der Waals surface area contributed by atoms with Crippen molar-refractivity contribution in [3.63, 3.8) is 0 Å². The van der Waals surface area contributed by atoms with E-state index in [0.29, 0.717) is 0 Å². The number of para-hydroxylation sites is 2. The van der Waals surface area contributed by atoms with Gasteiger partial charge in [-0.3, -0.25) is 0 Å². The molecule has 0 aliphatic carbocycles. The predicted octanol–water partition coefficient (Wildman–Crippen LogP) is 2.01. The molecule has 0 radical (unpaired) electrons. The predicted molar refractivity (Wildman–Crippen MR) is 104 cm³/mol. The number of aryl methyl sites for hydroxylation is 2. The molecule has 2 aromatic carbocycles. The largest absolute Gasteiger partial charge is 1.00 e. The highest BCUT2D eigenvalue weighted by atomic mass is 35.5. The molecule has 1 N–H and O–H groups in total. The van der Waals surface area contributed by atoms with E-state index in [2.05, 4.69) is 84.5 Å². The molecule has 26 heavy (non-hydrogen) atoms. The van der Waals surface area contributed by atoms with Crippen molar-refractivity contribution in [1.29, 1.82) is 0 Å². The summed E-state index contributed by atoms with van der Waals surface area (Å²) in [6.45, 7) is 5.29. The molecule has 132 valence electrons. The van der Waals surface area contributed by atoms with Gasteiger partial charge in [0, 0.05) is 17.5 Å². The van der Waals surface area contributed by atoms with E-state index in [0.717, 1.165) is 30.0 Å². The summed E-state index contributed by atoms with van der Waals surface area (Å²) in [5.41, 5.74) is 4.58. The van der Waals surface area contributed by atoms with Crippen LogP contribution in [0.2, 0.25) is 0 Å². The van der Waals surface area contributed by atoms with Crippen LogP contribution in [-0.4, -0.2) is 4.98 Å². The van der Waals surface area contributed by atoms with Crippen molar-refractivity contribution in [1.82, 2.24) is 4.98 Å². The SMILES string of the molecule is CCc1cc2ccccc2nc1Nc1cc[n+](CC)c2ccccc12.[Cl-]. The summed E-state index contributed by atoms with van der Waals surface area (Å²) in [5, 5.41) is 5.98. The fourth-order valence-electron chi connectivity index (χ4n) is 3.34. The Bertz CT molecular complexity index is 1060. The molecule has 4 aromatic rings. The van der Waals surface area contributed by atoms with Crippen molar-refractivity contribution < 1.29 is 17.0 Å². The number of rotatable bonds is 4. The molecule has 0 saturated carbocycles. The van der Waals surface area contributed by atoms with Crippen molar-refractivity contribution in [3.05, 3.63) is 72.4 Å². The van der Waals surface area contributed by atoms with Crippen LogP contribution in [0.3, 0.4) is 0 Å². The minimum atomic E-state index is 0. The molecular weight excluding hydrogens is 342 g/mol. The van der Waals surface area contributed by atoms with Gasteiger partial charge < -0.3 is 17.7 Å². The fraction of sp³-hybridized carbons (Fsp3) is 0.182. The number of anilines is 2. The maximum atomic E-state index is 4.87. The summed E-state index contributed by atoms with van der Waals surface area (Å²) in [6, 6.07) is 21.2. The van der Waals surface area contributed by atoms with Gasteiger partial charge in [0.05, 0.1) is 16.6 Å². The minimum Gasteiger partial charge on any atom is -1.00 e. The van der Waals surface area contributed by atoms with Gasteiger partial charge in [0.2, 0.25) is 5.52 Å². The first-order valence-electron chi connectivity index (χ1n) is 8.87. The highest BCUT2D eigenvalue weighted by molar-refractivity contribution is 5.91. The van der Waals surface area contributed by atoms with E-state index < -0.39 is 0 Å². The third-order valence-corrected chi connectivity index (χ3v) is 4.70. The monoisotopic (exact) mass is 363 g/mol. The summed E-state index contributed by atoms with van der Waals surface area (Å²) in [4.78, 5) is 4.87. The van der Waals surface area contributed by atoms with E-state index in [1.54, 1.807) is 0 Å². The van der Waals surface area contributed by atoms with Crippen LogP contribution in [0.15, 0.2) is 66.9 Å².